The van der Waals surface area contributed by atoms with Crippen molar-refractivity contribution < 1.29 is 4.74 Å². The molecule has 0 aliphatic rings. The van der Waals surface area contributed by atoms with Gasteiger partial charge in [0.2, 0.25) is 0 Å². The third-order valence-corrected chi connectivity index (χ3v) is 3.26. The van der Waals surface area contributed by atoms with Crippen LogP contribution in [0.1, 0.15) is 38.7 Å². The number of benzene rings is 1. The van der Waals surface area contributed by atoms with Crippen LogP contribution in [-0.2, 0) is 0 Å². The maximum Gasteiger partial charge on any atom is 0.121 e. The number of ether oxygens (including phenoxy) is 1. The van der Waals surface area contributed by atoms with Crippen molar-refractivity contribution in [3.05, 3.63) is 23.8 Å². The molecule has 0 saturated heterocycles. The highest BCUT2D eigenvalue weighted by atomic mass is 16.5. The monoisotopic (exact) mass is 260 g/mol. The molecule has 0 spiro atoms. The molecule has 1 N–H and O–H groups in total. The first-order valence-electron chi connectivity index (χ1n) is 6.78. The fourth-order valence-corrected chi connectivity index (χ4v) is 1.97. The molecule has 0 radical (unpaired) electrons. The fraction of sp³-hybridized carbons (Fsp3) is 0.562. The molecule has 0 aromatic heterocycles. The summed E-state index contributed by atoms with van der Waals surface area (Å²) in [7, 11) is 1.69. The van der Waals surface area contributed by atoms with Crippen LogP contribution in [0.3, 0.4) is 0 Å². The number of nitrogens with one attached hydrogen (secondary N) is 1. The van der Waals surface area contributed by atoms with Crippen molar-refractivity contribution in [1.82, 2.24) is 0 Å². The number of hydrogen-bond donors (Lipinski definition) is 1. The molecule has 0 aliphatic heterocycles. The highest BCUT2D eigenvalue weighted by molar-refractivity contribution is 5.50. The molecule has 0 fully saturated rings. The molecule has 19 heavy (non-hydrogen) atoms. The van der Waals surface area contributed by atoms with E-state index in [1.54, 1.807) is 7.11 Å². The Bertz CT molecular complexity index is 447. The van der Waals surface area contributed by atoms with Gasteiger partial charge in [0, 0.05) is 12.2 Å². The van der Waals surface area contributed by atoms with Crippen LogP contribution in [-0.4, -0.2) is 13.7 Å². The van der Waals surface area contributed by atoms with E-state index < -0.39 is 0 Å². The van der Waals surface area contributed by atoms with Crippen LogP contribution in [0.5, 0.6) is 5.75 Å². The molecule has 0 aliphatic carbocycles. The first-order chi connectivity index (χ1) is 8.98. The van der Waals surface area contributed by atoms with Gasteiger partial charge in [-0.25, -0.2) is 0 Å². The average molecular weight is 260 g/mol. The van der Waals surface area contributed by atoms with Gasteiger partial charge in [-0.2, -0.15) is 5.26 Å². The minimum absolute atomic E-state index is 0.198. The molecule has 0 amide bonds. The van der Waals surface area contributed by atoms with E-state index in [9.17, 15) is 0 Å². The Balaban J connectivity index is 2.31. The Morgan fingerprint density at radius 3 is 2.63 bits per heavy atom. The van der Waals surface area contributed by atoms with Gasteiger partial charge in [0.1, 0.15) is 5.75 Å². The predicted octanol–water partition coefficient (Wildman–Crippen LogP) is 4.14. The molecule has 0 atom stereocenters. The van der Waals surface area contributed by atoms with Crippen LogP contribution in [0.15, 0.2) is 18.2 Å². The summed E-state index contributed by atoms with van der Waals surface area (Å²) in [5.74, 6) is 0.918. The van der Waals surface area contributed by atoms with Crippen LogP contribution in [0, 0.1) is 23.7 Å². The zero-order valence-corrected chi connectivity index (χ0v) is 12.4. The van der Waals surface area contributed by atoms with Gasteiger partial charge in [-0.1, -0.05) is 6.42 Å². The highest BCUT2D eigenvalue weighted by Gasteiger charge is 2.15. The number of hydrogen-bond acceptors (Lipinski definition) is 3. The first-order valence-corrected chi connectivity index (χ1v) is 6.78. The van der Waals surface area contributed by atoms with Gasteiger partial charge in [-0.15, -0.1) is 0 Å². The molecule has 0 saturated carbocycles. The quantitative estimate of drug-likeness (QED) is 0.749. The second-order valence-corrected chi connectivity index (χ2v) is 5.56. The standard InChI is InChI=1S/C16H24N2O/c1-13-11-14(7-8-15(13)19-4)18-10-6-5-9-16(2,3)12-17/h7-8,11,18H,5-6,9-10H2,1-4H3. The van der Waals surface area contributed by atoms with Gasteiger partial charge in [0.05, 0.1) is 18.6 Å². The summed E-state index contributed by atoms with van der Waals surface area (Å²) in [4.78, 5) is 0. The topological polar surface area (TPSA) is 45.0 Å². The summed E-state index contributed by atoms with van der Waals surface area (Å²) in [6, 6.07) is 8.45. The molecule has 0 heterocycles. The molecule has 0 bridgehead atoms. The van der Waals surface area contributed by atoms with Gasteiger partial charge in [-0.05, 0) is 57.4 Å². The predicted molar refractivity (Wildman–Crippen MR) is 79.5 cm³/mol. The maximum absolute atomic E-state index is 8.93. The summed E-state index contributed by atoms with van der Waals surface area (Å²) in [5, 5.41) is 12.3. The third kappa shape index (κ3) is 5.21. The van der Waals surface area contributed by atoms with Crippen LogP contribution in [0.2, 0.25) is 0 Å². The largest absolute Gasteiger partial charge is 0.496 e. The van der Waals surface area contributed by atoms with Gasteiger partial charge in [0.25, 0.3) is 0 Å². The fourth-order valence-electron chi connectivity index (χ4n) is 1.97. The lowest BCUT2D eigenvalue weighted by molar-refractivity contribution is 0.412. The van der Waals surface area contributed by atoms with E-state index in [-0.39, 0.29) is 5.41 Å². The molecule has 1 rings (SSSR count). The van der Waals surface area contributed by atoms with Crippen molar-refractivity contribution in [2.24, 2.45) is 5.41 Å². The molecular formula is C16H24N2O. The van der Waals surface area contributed by atoms with Crippen molar-refractivity contribution in [3.8, 4) is 11.8 Å². The number of unbranched alkanes of at least 4 members (excludes halogenated alkanes) is 1. The van der Waals surface area contributed by atoms with Crippen LogP contribution < -0.4 is 10.1 Å². The first kappa shape index (κ1) is 15.4. The molecule has 1 aromatic carbocycles. The maximum atomic E-state index is 8.93. The summed E-state index contributed by atoms with van der Waals surface area (Å²) in [6.45, 7) is 6.97. The lowest BCUT2D eigenvalue weighted by Crippen LogP contribution is -2.09. The Hall–Kier alpha value is -1.69. The van der Waals surface area contributed by atoms with E-state index in [4.69, 9.17) is 10.00 Å². The number of rotatable bonds is 7. The van der Waals surface area contributed by atoms with E-state index in [1.165, 1.54) is 0 Å². The number of nitriles is 1. The van der Waals surface area contributed by atoms with Gasteiger partial charge in [-0.3, -0.25) is 0 Å². The van der Waals surface area contributed by atoms with E-state index in [0.717, 1.165) is 42.8 Å². The Morgan fingerprint density at radius 2 is 2.05 bits per heavy atom. The zero-order valence-electron chi connectivity index (χ0n) is 12.4. The van der Waals surface area contributed by atoms with Crippen molar-refractivity contribution in [1.29, 1.82) is 5.26 Å². The Morgan fingerprint density at radius 1 is 1.32 bits per heavy atom. The number of anilines is 1. The second kappa shape index (κ2) is 7.04. The number of aryl methyl sites for hydroxylation is 1. The van der Waals surface area contributed by atoms with E-state index in [2.05, 4.69) is 17.5 Å². The summed E-state index contributed by atoms with van der Waals surface area (Å²) in [6.07, 6.45) is 3.10. The Labute approximate surface area is 116 Å². The summed E-state index contributed by atoms with van der Waals surface area (Å²) < 4.78 is 5.23. The third-order valence-electron chi connectivity index (χ3n) is 3.26. The van der Waals surface area contributed by atoms with Gasteiger partial charge in [0.15, 0.2) is 0 Å². The minimum atomic E-state index is -0.198. The van der Waals surface area contributed by atoms with Crippen LogP contribution in [0.4, 0.5) is 5.69 Å². The molecule has 3 nitrogen and oxygen atoms in total. The molecule has 3 heteroatoms. The van der Waals surface area contributed by atoms with E-state index in [0.29, 0.717) is 0 Å². The van der Waals surface area contributed by atoms with Crippen LogP contribution >= 0.6 is 0 Å². The van der Waals surface area contributed by atoms with Gasteiger partial charge >= 0.3 is 0 Å². The second-order valence-electron chi connectivity index (χ2n) is 5.56. The van der Waals surface area contributed by atoms with E-state index >= 15 is 0 Å². The minimum Gasteiger partial charge on any atom is -0.496 e. The summed E-state index contributed by atoms with van der Waals surface area (Å²) in [5.41, 5.74) is 2.06. The van der Waals surface area contributed by atoms with Crippen molar-refractivity contribution >= 4 is 5.69 Å². The molecule has 0 unspecified atom stereocenters. The lowest BCUT2D eigenvalue weighted by Gasteiger charge is -2.15. The molecule has 1 aromatic rings. The van der Waals surface area contributed by atoms with Crippen LogP contribution in [0.25, 0.3) is 0 Å². The Kier molecular flexibility index (Phi) is 5.69. The van der Waals surface area contributed by atoms with Crippen molar-refractivity contribution in [3.63, 3.8) is 0 Å². The average Bonchev–Trinajstić information content (AvgIpc) is 2.38. The number of methoxy groups -OCH3 is 1. The highest BCUT2D eigenvalue weighted by Crippen LogP contribution is 2.23. The van der Waals surface area contributed by atoms with Crippen molar-refractivity contribution in [2.45, 2.75) is 40.0 Å². The van der Waals surface area contributed by atoms with Crippen molar-refractivity contribution in [2.75, 3.05) is 19.0 Å². The SMILES string of the molecule is COc1ccc(NCCCCC(C)(C)C#N)cc1C. The number of nitrogens with zero attached hydrogens (tertiary/aromatic N) is 1. The molecular weight excluding hydrogens is 236 g/mol. The zero-order chi connectivity index (χ0) is 14.3. The van der Waals surface area contributed by atoms with Gasteiger partial charge < -0.3 is 10.1 Å². The smallest absolute Gasteiger partial charge is 0.121 e. The lowest BCUT2D eigenvalue weighted by atomic mass is 9.89. The normalized spacial score (nSPS) is 10.9. The summed E-state index contributed by atoms with van der Waals surface area (Å²) >= 11 is 0. The molecule has 104 valence electrons. The van der Waals surface area contributed by atoms with E-state index in [1.807, 2.05) is 32.9 Å².